The van der Waals surface area contributed by atoms with E-state index in [1.165, 1.54) is 0 Å². The summed E-state index contributed by atoms with van der Waals surface area (Å²) >= 11 is 6.45. The van der Waals surface area contributed by atoms with Crippen LogP contribution in [0.25, 0.3) is 0 Å². The maximum Gasteiger partial charge on any atom is 0.261 e. The molecule has 2 aliphatic rings. The summed E-state index contributed by atoms with van der Waals surface area (Å²) in [5.74, 6) is 0.713. The van der Waals surface area contributed by atoms with Crippen molar-refractivity contribution in [2.45, 2.75) is 18.6 Å². The molecule has 2 aromatic rings. The number of hydrogen-bond donors (Lipinski definition) is 1. The highest BCUT2D eigenvalue weighted by Gasteiger charge is 2.30. The standard InChI is InChI=1S/C21H23ClN2O3/c22-17-7-3-2-6-16(17)18(24-9-11-26-12-10-24)14-23-21(25)20-13-15-5-1-4-8-19(15)27-20/h1-8,18,20H,9-14H2,(H,23,25). The molecular weight excluding hydrogens is 364 g/mol. The second-order valence-electron chi connectivity index (χ2n) is 6.85. The van der Waals surface area contributed by atoms with E-state index in [9.17, 15) is 4.79 Å². The van der Waals surface area contributed by atoms with Gasteiger partial charge in [0.05, 0.1) is 19.3 Å². The van der Waals surface area contributed by atoms with Gasteiger partial charge in [0.1, 0.15) is 5.75 Å². The molecule has 2 aliphatic heterocycles. The number of nitrogens with one attached hydrogen (secondary N) is 1. The highest BCUT2D eigenvalue weighted by molar-refractivity contribution is 6.31. The molecule has 0 spiro atoms. The molecule has 1 N–H and O–H groups in total. The zero-order valence-corrected chi connectivity index (χ0v) is 15.8. The van der Waals surface area contributed by atoms with Crippen LogP contribution in [0.3, 0.4) is 0 Å². The average Bonchev–Trinajstić information content (AvgIpc) is 3.14. The third-order valence-corrected chi connectivity index (χ3v) is 5.50. The van der Waals surface area contributed by atoms with Gasteiger partial charge in [0.15, 0.2) is 6.10 Å². The maximum atomic E-state index is 12.7. The fraction of sp³-hybridized carbons (Fsp3) is 0.381. The number of morpholine rings is 1. The quantitative estimate of drug-likeness (QED) is 0.858. The molecule has 0 aromatic heterocycles. The van der Waals surface area contributed by atoms with Gasteiger partial charge in [-0.25, -0.2) is 0 Å². The van der Waals surface area contributed by atoms with E-state index in [1.54, 1.807) is 0 Å². The number of fused-ring (bicyclic) bond motifs is 1. The number of amides is 1. The van der Waals surface area contributed by atoms with Crippen LogP contribution in [0.2, 0.25) is 5.02 Å². The van der Waals surface area contributed by atoms with Crippen molar-refractivity contribution < 1.29 is 14.3 Å². The Bertz CT molecular complexity index is 783. The minimum Gasteiger partial charge on any atom is -0.480 e. The van der Waals surface area contributed by atoms with Crippen molar-refractivity contribution in [3.05, 3.63) is 64.7 Å². The summed E-state index contributed by atoms with van der Waals surface area (Å²) < 4.78 is 11.3. The minimum absolute atomic E-state index is 0.00956. The molecule has 1 saturated heterocycles. The fourth-order valence-corrected chi connectivity index (χ4v) is 3.97. The Labute approximate surface area is 164 Å². The summed E-state index contributed by atoms with van der Waals surface area (Å²) in [5.41, 5.74) is 2.10. The molecule has 6 heteroatoms. The molecule has 27 heavy (non-hydrogen) atoms. The van der Waals surface area contributed by atoms with Crippen molar-refractivity contribution in [2.75, 3.05) is 32.8 Å². The molecule has 2 unspecified atom stereocenters. The molecule has 0 radical (unpaired) electrons. The van der Waals surface area contributed by atoms with Crippen LogP contribution >= 0.6 is 11.6 Å². The van der Waals surface area contributed by atoms with Crippen LogP contribution in [-0.2, 0) is 16.0 Å². The van der Waals surface area contributed by atoms with Gasteiger partial charge in [-0.1, -0.05) is 48.0 Å². The van der Waals surface area contributed by atoms with Crippen LogP contribution in [0.1, 0.15) is 17.2 Å². The van der Waals surface area contributed by atoms with E-state index in [2.05, 4.69) is 10.2 Å². The summed E-state index contributed by atoms with van der Waals surface area (Å²) in [5, 5.41) is 3.79. The summed E-state index contributed by atoms with van der Waals surface area (Å²) in [7, 11) is 0. The van der Waals surface area contributed by atoms with E-state index >= 15 is 0 Å². The predicted octanol–water partition coefficient (Wildman–Crippen LogP) is 2.83. The lowest BCUT2D eigenvalue weighted by atomic mass is 10.0. The van der Waals surface area contributed by atoms with Gasteiger partial charge in [0.25, 0.3) is 5.91 Å². The third-order valence-electron chi connectivity index (χ3n) is 5.16. The Hall–Kier alpha value is -2.08. The van der Waals surface area contributed by atoms with E-state index in [4.69, 9.17) is 21.1 Å². The zero-order valence-electron chi connectivity index (χ0n) is 15.1. The molecule has 2 aromatic carbocycles. The molecule has 0 bridgehead atoms. The number of ether oxygens (including phenoxy) is 2. The first kappa shape index (κ1) is 18.3. The zero-order chi connectivity index (χ0) is 18.6. The Morgan fingerprint density at radius 1 is 1.15 bits per heavy atom. The summed E-state index contributed by atoms with van der Waals surface area (Å²) in [6, 6.07) is 15.6. The van der Waals surface area contributed by atoms with E-state index in [0.29, 0.717) is 31.2 Å². The van der Waals surface area contributed by atoms with Crippen molar-refractivity contribution in [3.63, 3.8) is 0 Å². The molecule has 2 heterocycles. The van der Waals surface area contributed by atoms with E-state index in [0.717, 1.165) is 30.0 Å². The fourth-order valence-electron chi connectivity index (χ4n) is 3.71. The van der Waals surface area contributed by atoms with Gasteiger partial charge in [-0.05, 0) is 23.3 Å². The van der Waals surface area contributed by atoms with Gasteiger partial charge in [0, 0.05) is 31.1 Å². The monoisotopic (exact) mass is 386 g/mol. The molecule has 4 rings (SSSR count). The van der Waals surface area contributed by atoms with Crippen LogP contribution in [0, 0.1) is 0 Å². The van der Waals surface area contributed by atoms with Crippen molar-refractivity contribution in [1.29, 1.82) is 0 Å². The number of hydrogen-bond acceptors (Lipinski definition) is 4. The van der Waals surface area contributed by atoms with E-state index in [-0.39, 0.29) is 11.9 Å². The first-order valence-electron chi connectivity index (χ1n) is 9.31. The summed E-state index contributed by atoms with van der Waals surface area (Å²) in [4.78, 5) is 15.0. The SMILES string of the molecule is O=C(NCC(c1ccccc1Cl)N1CCOCC1)C1Cc2ccccc2O1. The number of carbonyl (C=O) groups is 1. The minimum atomic E-state index is -0.473. The van der Waals surface area contributed by atoms with Crippen LogP contribution in [0.5, 0.6) is 5.75 Å². The van der Waals surface area contributed by atoms with E-state index in [1.807, 2.05) is 48.5 Å². The Morgan fingerprint density at radius 2 is 1.89 bits per heavy atom. The highest BCUT2D eigenvalue weighted by atomic mass is 35.5. The van der Waals surface area contributed by atoms with Crippen LogP contribution < -0.4 is 10.1 Å². The van der Waals surface area contributed by atoms with Crippen LogP contribution in [0.15, 0.2) is 48.5 Å². The Kier molecular flexibility index (Phi) is 5.62. The predicted molar refractivity (Wildman–Crippen MR) is 104 cm³/mol. The molecular formula is C21H23ClN2O3. The number of halogens is 1. The normalized spacial score (nSPS) is 20.6. The average molecular weight is 387 g/mol. The molecule has 1 amide bonds. The van der Waals surface area contributed by atoms with Gasteiger partial charge in [-0.2, -0.15) is 0 Å². The Morgan fingerprint density at radius 3 is 2.67 bits per heavy atom. The third kappa shape index (κ3) is 4.10. The molecule has 1 fully saturated rings. The molecule has 142 valence electrons. The smallest absolute Gasteiger partial charge is 0.261 e. The lowest BCUT2D eigenvalue weighted by Gasteiger charge is -2.35. The number of para-hydroxylation sites is 1. The number of carbonyl (C=O) groups excluding carboxylic acids is 1. The van der Waals surface area contributed by atoms with Crippen molar-refractivity contribution in [1.82, 2.24) is 10.2 Å². The topological polar surface area (TPSA) is 50.8 Å². The van der Waals surface area contributed by atoms with Gasteiger partial charge in [0.2, 0.25) is 0 Å². The summed E-state index contributed by atoms with van der Waals surface area (Å²) in [6.45, 7) is 3.50. The molecule has 0 aliphatic carbocycles. The number of rotatable bonds is 5. The van der Waals surface area contributed by atoms with Crippen LogP contribution in [0.4, 0.5) is 0 Å². The lowest BCUT2D eigenvalue weighted by Crippen LogP contribution is -2.46. The first-order chi connectivity index (χ1) is 13.2. The molecule has 0 saturated carbocycles. The van der Waals surface area contributed by atoms with E-state index < -0.39 is 6.10 Å². The lowest BCUT2D eigenvalue weighted by molar-refractivity contribution is -0.127. The molecule has 5 nitrogen and oxygen atoms in total. The van der Waals surface area contributed by atoms with Gasteiger partial charge >= 0.3 is 0 Å². The number of benzene rings is 2. The van der Waals surface area contributed by atoms with Gasteiger partial charge < -0.3 is 14.8 Å². The number of nitrogens with zero attached hydrogens (tertiary/aromatic N) is 1. The maximum absolute atomic E-state index is 12.7. The largest absolute Gasteiger partial charge is 0.480 e. The molecule has 2 atom stereocenters. The second-order valence-corrected chi connectivity index (χ2v) is 7.26. The van der Waals surface area contributed by atoms with Crippen LogP contribution in [-0.4, -0.2) is 49.8 Å². The first-order valence-corrected chi connectivity index (χ1v) is 9.68. The van der Waals surface area contributed by atoms with Crippen molar-refractivity contribution in [2.24, 2.45) is 0 Å². The van der Waals surface area contributed by atoms with Gasteiger partial charge in [-0.15, -0.1) is 0 Å². The van der Waals surface area contributed by atoms with Crippen molar-refractivity contribution >= 4 is 17.5 Å². The van der Waals surface area contributed by atoms with Gasteiger partial charge in [-0.3, -0.25) is 9.69 Å². The Balaban J connectivity index is 1.44. The summed E-state index contributed by atoms with van der Waals surface area (Å²) in [6.07, 6.45) is 0.134. The second kappa shape index (κ2) is 8.30. The highest BCUT2D eigenvalue weighted by Crippen LogP contribution is 2.30. The van der Waals surface area contributed by atoms with Crippen molar-refractivity contribution in [3.8, 4) is 5.75 Å².